The Morgan fingerprint density at radius 1 is 1.39 bits per heavy atom. The zero-order chi connectivity index (χ0) is 13.2. The normalized spacial score (nSPS) is 20.3. The second kappa shape index (κ2) is 5.02. The molecule has 2 rings (SSSR count). The SMILES string of the molecule is CC(C(=O)O)(c1cncc(F)c1)N1CCCCC1. The third-order valence-electron chi connectivity index (χ3n) is 3.67. The minimum atomic E-state index is -1.20. The zero-order valence-corrected chi connectivity index (χ0v) is 10.4. The fourth-order valence-electron chi connectivity index (χ4n) is 2.46. The van der Waals surface area contributed by atoms with E-state index in [2.05, 4.69) is 4.98 Å². The average Bonchev–Trinajstić information content (AvgIpc) is 2.38. The van der Waals surface area contributed by atoms with E-state index in [0.717, 1.165) is 38.5 Å². The number of pyridine rings is 1. The van der Waals surface area contributed by atoms with Gasteiger partial charge in [0.15, 0.2) is 0 Å². The molecular weight excluding hydrogens is 235 g/mol. The molecule has 1 saturated heterocycles. The summed E-state index contributed by atoms with van der Waals surface area (Å²) in [5.41, 5.74) is -0.799. The monoisotopic (exact) mass is 252 g/mol. The van der Waals surface area contributed by atoms with Gasteiger partial charge in [0.2, 0.25) is 0 Å². The lowest BCUT2D eigenvalue weighted by Gasteiger charge is -2.40. The van der Waals surface area contributed by atoms with Crippen LogP contribution in [0.1, 0.15) is 31.7 Å². The van der Waals surface area contributed by atoms with Crippen LogP contribution in [0.4, 0.5) is 4.39 Å². The van der Waals surface area contributed by atoms with Crippen LogP contribution in [-0.4, -0.2) is 34.0 Å². The van der Waals surface area contributed by atoms with E-state index in [4.69, 9.17) is 0 Å². The van der Waals surface area contributed by atoms with E-state index in [1.54, 1.807) is 6.92 Å². The number of rotatable bonds is 3. The van der Waals surface area contributed by atoms with Crippen molar-refractivity contribution in [2.45, 2.75) is 31.7 Å². The number of carboxylic acid groups (broad SMARTS) is 1. The van der Waals surface area contributed by atoms with Crippen molar-refractivity contribution < 1.29 is 14.3 Å². The highest BCUT2D eigenvalue weighted by molar-refractivity contribution is 5.80. The molecule has 0 amide bonds. The number of carbonyl (C=O) groups is 1. The molecule has 4 nitrogen and oxygen atoms in total. The predicted octanol–water partition coefficient (Wildman–Crippen LogP) is 2.01. The molecular formula is C13H17FN2O2. The van der Waals surface area contributed by atoms with Crippen LogP contribution in [0, 0.1) is 5.82 Å². The lowest BCUT2D eigenvalue weighted by molar-refractivity contribution is -0.152. The molecule has 0 saturated carbocycles. The van der Waals surface area contributed by atoms with E-state index in [1.165, 1.54) is 12.3 Å². The van der Waals surface area contributed by atoms with E-state index in [1.807, 2.05) is 4.90 Å². The molecule has 0 aromatic carbocycles. The molecule has 18 heavy (non-hydrogen) atoms. The number of piperidine rings is 1. The molecule has 1 aliphatic heterocycles. The molecule has 0 bridgehead atoms. The number of aromatic nitrogens is 1. The highest BCUT2D eigenvalue weighted by atomic mass is 19.1. The second-order valence-corrected chi connectivity index (χ2v) is 4.82. The van der Waals surface area contributed by atoms with Crippen molar-refractivity contribution >= 4 is 5.97 Å². The Balaban J connectivity index is 2.39. The van der Waals surface area contributed by atoms with Gasteiger partial charge in [0.05, 0.1) is 6.20 Å². The molecule has 0 spiro atoms. The summed E-state index contributed by atoms with van der Waals surface area (Å²) >= 11 is 0. The van der Waals surface area contributed by atoms with Gasteiger partial charge in [-0.25, -0.2) is 9.18 Å². The minimum Gasteiger partial charge on any atom is -0.480 e. The van der Waals surface area contributed by atoms with Crippen molar-refractivity contribution in [3.8, 4) is 0 Å². The van der Waals surface area contributed by atoms with Crippen LogP contribution in [0.2, 0.25) is 0 Å². The predicted molar refractivity (Wildman–Crippen MR) is 64.6 cm³/mol. The van der Waals surface area contributed by atoms with Gasteiger partial charge in [-0.1, -0.05) is 6.42 Å². The van der Waals surface area contributed by atoms with Gasteiger partial charge in [-0.05, 0) is 38.9 Å². The summed E-state index contributed by atoms with van der Waals surface area (Å²) in [5, 5.41) is 9.54. The lowest BCUT2D eigenvalue weighted by Crippen LogP contribution is -2.51. The highest BCUT2D eigenvalue weighted by Gasteiger charge is 2.42. The Morgan fingerprint density at radius 3 is 2.61 bits per heavy atom. The number of aliphatic carboxylic acids is 1. The van der Waals surface area contributed by atoms with Crippen LogP contribution in [0.25, 0.3) is 0 Å². The third-order valence-corrected chi connectivity index (χ3v) is 3.67. The maximum Gasteiger partial charge on any atom is 0.328 e. The van der Waals surface area contributed by atoms with Gasteiger partial charge < -0.3 is 5.11 Å². The maximum atomic E-state index is 13.3. The number of carboxylic acids is 1. The van der Waals surface area contributed by atoms with Gasteiger partial charge >= 0.3 is 5.97 Å². The molecule has 0 radical (unpaired) electrons. The summed E-state index contributed by atoms with van der Waals surface area (Å²) in [6, 6.07) is 1.26. The van der Waals surface area contributed by atoms with Crippen LogP contribution >= 0.6 is 0 Å². The van der Waals surface area contributed by atoms with Crippen molar-refractivity contribution in [1.29, 1.82) is 0 Å². The Hall–Kier alpha value is -1.49. The number of hydrogen-bond acceptors (Lipinski definition) is 3. The molecule has 1 N–H and O–H groups in total. The van der Waals surface area contributed by atoms with Crippen molar-refractivity contribution in [3.05, 3.63) is 29.8 Å². The van der Waals surface area contributed by atoms with E-state index < -0.39 is 17.3 Å². The van der Waals surface area contributed by atoms with Gasteiger partial charge in [-0.15, -0.1) is 0 Å². The first-order valence-electron chi connectivity index (χ1n) is 6.14. The van der Waals surface area contributed by atoms with Crippen molar-refractivity contribution in [3.63, 3.8) is 0 Å². The van der Waals surface area contributed by atoms with Crippen LogP contribution in [0.15, 0.2) is 18.5 Å². The van der Waals surface area contributed by atoms with Crippen molar-refractivity contribution in [2.75, 3.05) is 13.1 Å². The molecule has 2 heterocycles. The summed E-state index contributed by atoms with van der Waals surface area (Å²) in [6.07, 6.45) is 5.60. The summed E-state index contributed by atoms with van der Waals surface area (Å²) < 4.78 is 13.3. The van der Waals surface area contributed by atoms with Crippen LogP contribution < -0.4 is 0 Å². The molecule has 5 heteroatoms. The average molecular weight is 252 g/mol. The lowest BCUT2D eigenvalue weighted by atomic mass is 9.89. The summed E-state index contributed by atoms with van der Waals surface area (Å²) in [7, 11) is 0. The Kier molecular flexibility index (Phi) is 3.61. The summed E-state index contributed by atoms with van der Waals surface area (Å²) in [4.78, 5) is 17.3. The third kappa shape index (κ3) is 2.22. The summed E-state index contributed by atoms with van der Waals surface area (Å²) in [5.74, 6) is -1.46. The quantitative estimate of drug-likeness (QED) is 0.894. The molecule has 1 aromatic rings. The first-order chi connectivity index (χ1) is 8.55. The molecule has 1 atom stereocenters. The molecule has 1 fully saturated rings. The molecule has 0 aliphatic carbocycles. The largest absolute Gasteiger partial charge is 0.480 e. The number of nitrogens with zero attached hydrogens (tertiary/aromatic N) is 2. The van der Waals surface area contributed by atoms with E-state index in [0.29, 0.717) is 5.56 Å². The highest BCUT2D eigenvalue weighted by Crippen LogP contribution is 2.31. The van der Waals surface area contributed by atoms with E-state index >= 15 is 0 Å². The van der Waals surface area contributed by atoms with E-state index in [-0.39, 0.29) is 0 Å². The first-order valence-corrected chi connectivity index (χ1v) is 6.14. The molecule has 1 unspecified atom stereocenters. The van der Waals surface area contributed by atoms with Gasteiger partial charge in [0, 0.05) is 11.8 Å². The minimum absolute atomic E-state index is 0.400. The number of halogens is 1. The molecule has 1 aliphatic rings. The van der Waals surface area contributed by atoms with Crippen LogP contribution in [0.5, 0.6) is 0 Å². The Bertz CT molecular complexity index is 446. The van der Waals surface area contributed by atoms with Crippen LogP contribution in [-0.2, 0) is 10.3 Å². The fraction of sp³-hybridized carbons (Fsp3) is 0.538. The standard InChI is InChI=1S/C13H17FN2O2/c1-13(12(17)18,16-5-3-2-4-6-16)10-7-11(14)9-15-8-10/h7-9H,2-6H2,1H3,(H,17,18). The summed E-state index contributed by atoms with van der Waals surface area (Å²) in [6.45, 7) is 3.07. The molecule has 98 valence electrons. The fourth-order valence-corrected chi connectivity index (χ4v) is 2.46. The van der Waals surface area contributed by atoms with Gasteiger partial charge in [0.1, 0.15) is 11.4 Å². The van der Waals surface area contributed by atoms with Gasteiger partial charge in [-0.3, -0.25) is 9.88 Å². The number of hydrogen-bond donors (Lipinski definition) is 1. The second-order valence-electron chi connectivity index (χ2n) is 4.82. The number of likely N-dealkylation sites (tertiary alicyclic amines) is 1. The van der Waals surface area contributed by atoms with Gasteiger partial charge in [0.25, 0.3) is 0 Å². The Morgan fingerprint density at radius 2 is 2.06 bits per heavy atom. The van der Waals surface area contributed by atoms with Crippen molar-refractivity contribution in [2.24, 2.45) is 0 Å². The molecule has 1 aromatic heterocycles. The van der Waals surface area contributed by atoms with Crippen molar-refractivity contribution in [1.82, 2.24) is 9.88 Å². The van der Waals surface area contributed by atoms with E-state index in [9.17, 15) is 14.3 Å². The smallest absolute Gasteiger partial charge is 0.328 e. The first kappa shape index (κ1) is 13.0. The zero-order valence-electron chi connectivity index (χ0n) is 10.4. The van der Waals surface area contributed by atoms with Gasteiger partial charge in [-0.2, -0.15) is 0 Å². The topological polar surface area (TPSA) is 53.4 Å². The Labute approximate surface area is 105 Å². The maximum absolute atomic E-state index is 13.3. The van der Waals surface area contributed by atoms with Crippen LogP contribution in [0.3, 0.4) is 0 Å².